The molecule has 0 saturated carbocycles. The number of nitrogens with one attached hydrogen (secondary N) is 1. The van der Waals surface area contributed by atoms with Gasteiger partial charge in [0.25, 0.3) is 5.56 Å². The normalized spacial score (nSPS) is 12.1. The number of amides is 1. The molecular formula is C23H27N3O2S. The largest absolute Gasteiger partial charge is 0.353 e. The fourth-order valence-corrected chi connectivity index (χ4v) is 4.08. The zero-order valence-corrected chi connectivity index (χ0v) is 18.2. The molecule has 0 aliphatic carbocycles. The van der Waals surface area contributed by atoms with Gasteiger partial charge in [0.15, 0.2) is 5.16 Å². The molecule has 0 spiro atoms. The van der Waals surface area contributed by atoms with Gasteiger partial charge >= 0.3 is 0 Å². The lowest BCUT2D eigenvalue weighted by molar-refractivity contribution is -0.119. The van der Waals surface area contributed by atoms with Crippen LogP contribution in [0.3, 0.4) is 0 Å². The van der Waals surface area contributed by atoms with Crippen LogP contribution in [0.2, 0.25) is 0 Å². The van der Waals surface area contributed by atoms with Gasteiger partial charge in [-0.15, -0.1) is 0 Å². The second-order valence-corrected chi connectivity index (χ2v) is 8.31. The molecule has 1 N–H and O–H groups in total. The Labute approximate surface area is 175 Å². The summed E-state index contributed by atoms with van der Waals surface area (Å²) < 4.78 is 1.61. The van der Waals surface area contributed by atoms with Crippen molar-refractivity contribution in [2.75, 3.05) is 5.75 Å². The van der Waals surface area contributed by atoms with Crippen molar-refractivity contribution in [3.05, 3.63) is 63.9 Å². The highest BCUT2D eigenvalue weighted by atomic mass is 32.2. The minimum Gasteiger partial charge on any atom is -0.353 e. The lowest BCUT2D eigenvalue weighted by Crippen LogP contribution is -2.34. The summed E-state index contributed by atoms with van der Waals surface area (Å²) in [6.07, 6.45) is 1.96. The third-order valence-electron chi connectivity index (χ3n) is 4.96. The first-order valence-electron chi connectivity index (χ1n) is 9.92. The molecule has 0 aliphatic rings. The second kappa shape index (κ2) is 9.27. The summed E-state index contributed by atoms with van der Waals surface area (Å²) in [5, 5.41) is 4.09. The molecule has 3 aromatic rings. The SMILES string of the molecule is CCC[C@H](C)NC(=O)CSc1nc2ccccc2c(=O)n1-c1ccc(C)c(C)c1. The van der Waals surface area contributed by atoms with Gasteiger partial charge in [-0.2, -0.15) is 0 Å². The van der Waals surface area contributed by atoms with E-state index in [1.807, 2.05) is 57.2 Å². The van der Waals surface area contributed by atoms with Crippen LogP contribution in [0.1, 0.15) is 37.8 Å². The number of aryl methyl sites for hydroxylation is 2. The molecule has 3 rings (SSSR count). The van der Waals surface area contributed by atoms with Crippen LogP contribution in [-0.2, 0) is 4.79 Å². The third kappa shape index (κ3) is 4.88. The van der Waals surface area contributed by atoms with Gasteiger partial charge in [0.1, 0.15) is 0 Å². The van der Waals surface area contributed by atoms with Crippen LogP contribution in [0, 0.1) is 13.8 Å². The van der Waals surface area contributed by atoms with Crippen molar-refractivity contribution in [1.82, 2.24) is 14.9 Å². The molecule has 152 valence electrons. The van der Waals surface area contributed by atoms with E-state index in [1.165, 1.54) is 11.8 Å². The number of hydrogen-bond donors (Lipinski definition) is 1. The molecule has 0 unspecified atom stereocenters. The van der Waals surface area contributed by atoms with Crippen LogP contribution in [0.15, 0.2) is 52.4 Å². The van der Waals surface area contributed by atoms with Gasteiger partial charge in [-0.1, -0.05) is 43.3 Å². The average molecular weight is 410 g/mol. The Hall–Kier alpha value is -2.60. The zero-order valence-electron chi connectivity index (χ0n) is 17.4. The summed E-state index contributed by atoms with van der Waals surface area (Å²) in [4.78, 5) is 30.3. The molecule has 2 aromatic carbocycles. The van der Waals surface area contributed by atoms with E-state index >= 15 is 0 Å². The molecule has 0 aliphatic heterocycles. The molecule has 0 saturated heterocycles. The van der Waals surface area contributed by atoms with Gasteiger partial charge < -0.3 is 5.32 Å². The van der Waals surface area contributed by atoms with Crippen LogP contribution in [0.5, 0.6) is 0 Å². The maximum Gasteiger partial charge on any atom is 0.266 e. The molecule has 0 bridgehead atoms. The van der Waals surface area contributed by atoms with Gasteiger partial charge in [-0.3, -0.25) is 14.2 Å². The van der Waals surface area contributed by atoms with Gasteiger partial charge in [-0.05, 0) is 62.6 Å². The molecule has 29 heavy (non-hydrogen) atoms. The number of nitrogens with zero attached hydrogens (tertiary/aromatic N) is 2. The van der Waals surface area contributed by atoms with E-state index in [0.717, 1.165) is 29.7 Å². The summed E-state index contributed by atoms with van der Waals surface area (Å²) >= 11 is 1.29. The zero-order chi connectivity index (χ0) is 21.0. The van der Waals surface area contributed by atoms with Gasteiger partial charge in [0, 0.05) is 6.04 Å². The third-order valence-corrected chi connectivity index (χ3v) is 5.89. The monoisotopic (exact) mass is 409 g/mol. The summed E-state index contributed by atoms with van der Waals surface area (Å²) in [5.74, 6) is 0.161. The summed E-state index contributed by atoms with van der Waals surface area (Å²) in [7, 11) is 0. The highest BCUT2D eigenvalue weighted by Crippen LogP contribution is 2.22. The van der Waals surface area contributed by atoms with E-state index < -0.39 is 0 Å². The number of benzene rings is 2. The topological polar surface area (TPSA) is 64.0 Å². The number of carbonyl (C=O) groups excluding carboxylic acids is 1. The predicted octanol–water partition coefficient (Wildman–Crippen LogP) is 4.40. The van der Waals surface area contributed by atoms with Crippen molar-refractivity contribution in [3.8, 4) is 5.69 Å². The number of hydrogen-bond acceptors (Lipinski definition) is 4. The van der Waals surface area contributed by atoms with Crippen molar-refractivity contribution in [2.45, 2.75) is 51.7 Å². The number of para-hydroxylation sites is 1. The fourth-order valence-electron chi connectivity index (χ4n) is 3.25. The van der Waals surface area contributed by atoms with Gasteiger partial charge in [0.05, 0.1) is 22.3 Å². The van der Waals surface area contributed by atoms with E-state index in [0.29, 0.717) is 16.1 Å². The Bertz CT molecular complexity index is 1090. The molecule has 1 amide bonds. The van der Waals surface area contributed by atoms with Crippen LogP contribution < -0.4 is 10.9 Å². The van der Waals surface area contributed by atoms with Crippen molar-refractivity contribution in [3.63, 3.8) is 0 Å². The van der Waals surface area contributed by atoms with E-state index in [2.05, 4.69) is 12.2 Å². The van der Waals surface area contributed by atoms with Crippen molar-refractivity contribution in [1.29, 1.82) is 0 Å². The first-order chi connectivity index (χ1) is 13.9. The van der Waals surface area contributed by atoms with Crippen molar-refractivity contribution < 1.29 is 4.79 Å². The predicted molar refractivity (Wildman–Crippen MR) is 120 cm³/mol. The van der Waals surface area contributed by atoms with Crippen molar-refractivity contribution >= 4 is 28.6 Å². The Morgan fingerprint density at radius 2 is 1.93 bits per heavy atom. The molecule has 1 aromatic heterocycles. The Balaban J connectivity index is 2.00. The minimum atomic E-state index is -0.124. The Morgan fingerprint density at radius 1 is 1.17 bits per heavy atom. The molecule has 0 radical (unpaired) electrons. The molecule has 1 heterocycles. The second-order valence-electron chi connectivity index (χ2n) is 7.37. The highest BCUT2D eigenvalue weighted by Gasteiger charge is 2.16. The van der Waals surface area contributed by atoms with E-state index in [1.54, 1.807) is 10.6 Å². The lowest BCUT2D eigenvalue weighted by atomic mass is 10.1. The van der Waals surface area contributed by atoms with Crippen molar-refractivity contribution in [2.24, 2.45) is 0 Å². The molecule has 0 fully saturated rings. The summed E-state index contributed by atoms with van der Waals surface area (Å²) in [5.41, 5.74) is 3.54. The minimum absolute atomic E-state index is 0.0509. The lowest BCUT2D eigenvalue weighted by Gasteiger charge is -2.15. The van der Waals surface area contributed by atoms with Gasteiger partial charge in [-0.25, -0.2) is 4.98 Å². The first-order valence-corrected chi connectivity index (χ1v) is 10.9. The first kappa shape index (κ1) is 21.1. The van der Waals surface area contributed by atoms with Crippen LogP contribution in [-0.4, -0.2) is 27.3 Å². The van der Waals surface area contributed by atoms with E-state index in [4.69, 9.17) is 4.98 Å². The number of fused-ring (bicyclic) bond motifs is 1. The Kier molecular flexibility index (Phi) is 6.75. The smallest absolute Gasteiger partial charge is 0.266 e. The van der Waals surface area contributed by atoms with E-state index in [9.17, 15) is 9.59 Å². The molecule has 6 heteroatoms. The fraction of sp³-hybridized carbons (Fsp3) is 0.348. The molecule has 5 nitrogen and oxygen atoms in total. The summed E-state index contributed by atoms with van der Waals surface area (Å²) in [6.45, 7) is 8.16. The summed E-state index contributed by atoms with van der Waals surface area (Å²) in [6, 6.07) is 13.4. The van der Waals surface area contributed by atoms with Gasteiger partial charge in [0.2, 0.25) is 5.91 Å². The highest BCUT2D eigenvalue weighted by molar-refractivity contribution is 7.99. The molecule has 1 atom stereocenters. The number of aromatic nitrogens is 2. The standard InChI is InChI=1S/C23H27N3O2S/c1-5-8-17(4)24-21(27)14-29-23-25-20-10-7-6-9-19(20)22(28)26(23)18-12-11-15(2)16(3)13-18/h6-7,9-13,17H,5,8,14H2,1-4H3,(H,24,27)/t17-/m0/s1. The number of carbonyl (C=O) groups is 1. The quantitative estimate of drug-likeness (QED) is 0.464. The number of thioether (sulfide) groups is 1. The maximum absolute atomic E-state index is 13.3. The molecular weight excluding hydrogens is 382 g/mol. The Morgan fingerprint density at radius 3 is 2.66 bits per heavy atom. The van der Waals surface area contributed by atoms with E-state index in [-0.39, 0.29) is 23.3 Å². The van der Waals surface area contributed by atoms with Crippen LogP contribution in [0.4, 0.5) is 0 Å². The maximum atomic E-state index is 13.3. The van der Waals surface area contributed by atoms with Crippen LogP contribution in [0.25, 0.3) is 16.6 Å². The average Bonchev–Trinajstić information content (AvgIpc) is 2.69. The number of rotatable bonds is 7. The van der Waals surface area contributed by atoms with Crippen LogP contribution >= 0.6 is 11.8 Å².